The summed E-state index contributed by atoms with van der Waals surface area (Å²) in [5, 5.41) is 18.2. The van der Waals surface area contributed by atoms with Crippen molar-refractivity contribution in [1.29, 1.82) is 0 Å². The molecule has 1 aromatic rings. The van der Waals surface area contributed by atoms with Crippen LogP contribution in [0.2, 0.25) is 0 Å². The molecule has 14 heavy (non-hydrogen) atoms. The Morgan fingerprint density at radius 3 is 2.79 bits per heavy atom. The molecule has 0 bridgehead atoms. The van der Waals surface area contributed by atoms with E-state index in [2.05, 4.69) is 10.2 Å². The highest BCUT2D eigenvalue weighted by atomic mass is 32.1. The van der Waals surface area contributed by atoms with E-state index in [1.807, 2.05) is 18.9 Å². The predicted molar refractivity (Wildman–Crippen MR) is 54.8 cm³/mol. The van der Waals surface area contributed by atoms with Gasteiger partial charge in [-0.1, -0.05) is 18.3 Å². The average Bonchev–Trinajstić information content (AvgIpc) is 2.62. The number of hydrogen-bond donors (Lipinski definition) is 1. The van der Waals surface area contributed by atoms with Crippen molar-refractivity contribution in [1.82, 2.24) is 10.2 Å². The van der Waals surface area contributed by atoms with Gasteiger partial charge in [-0.2, -0.15) is 0 Å². The van der Waals surface area contributed by atoms with Gasteiger partial charge in [0.1, 0.15) is 5.01 Å². The van der Waals surface area contributed by atoms with E-state index in [0.29, 0.717) is 6.54 Å². The summed E-state index contributed by atoms with van der Waals surface area (Å²) in [5.41, 5.74) is 0. The summed E-state index contributed by atoms with van der Waals surface area (Å²) < 4.78 is 0. The Morgan fingerprint density at radius 1 is 1.57 bits per heavy atom. The van der Waals surface area contributed by atoms with Crippen LogP contribution < -0.4 is 4.90 Å². The Morgan fingerprint density at radius 2 is 2.29 bits per heavy atom. The third-order valence-corrected chi connectivity index (χ3v) is 2.93. The third kappa shape index (κ3) is 2.95. The molecule has 0 amide bonds. The molecule has 1 N–H and O–H groups in total. The Bertz CT molecular complexity index is 313. The van der Waals surface area contributed by atoms with E-state index in [1.54, 1.807) is 0 Å². The number of rotatable bonds is 5. The first kappa shape index (κ1) is 10.9. The van der Waals surface area contributed by atoms with Crippen LogP contribution in [0.25, 0.3) is 0 Å². The molecule has 0 aromatic carbocycles. The van der Waals surface area contributed by atoms with E-state index in [0.717, 1.165) is 16.6 Å². The molecule has 0 aliphatic rings. The summed E-state index contributed by atoms with van der Waals surface area (Å²) in [6, 6.07) is 0. The molecular weight excluding hydrogens is 202 g/mol. The zero-order valence-corrected chi connectivity index (χ0v) is 9.04. The molecule has 0 aliphatic carbocycles. The van der Waals surface area contributed by atoms with Gasteiger partial charge in [0.2, 0.25) is 5.13 Å². The highest BCUT2D eigenvalue weighted by Gasteiger charge is 2.08. The van der Waals surface area contributed by atoms with Crippen LogP contribution in [0.1, 0.15) is 18.4 Å². The van der Waals surface area contributed by atoms with Crippen LogP contribution in [0.15, 0.2) is 0 Å². The minimum Gasteiger partial charge on any atom is -0.481 e. The first-order valence-electron chi connectivity index (χ1n) is 4.38. The summed E-state index contributed by atoms with van der Waals surface area (Å²) in [5.74, 6) is -0.794. The number of carbonyl (C=O) groups is 1. The molecule has 1 aromatic heterocycles. The maximum Gasteiger partial charge on any atom is 0.305 e. The largest absolute Gasteiger partial charge is 0.481 e. The molecule has 0 unspecified atom stereocenters. The number of nitrogens with zero attached hydrogens (tertiary/aromatic N) is 3. The van der Waals surface area contributed by atoms with Gasteiger partial charge >= 0.3 is 5.97 Å². The van der Waals surface area contributed by atoms with E-state index in [4.69, 9.17) is 5.11 Å². The van der Waals surface area contributed by atoms with Gasteiger partial charge < -0.3 is 10.0 Å². The van der Waals surface area contributed by atoms with E-state index in [9.17, 15) is 4.79 Å². The third-order valence-electron chi connectivity index (χ3n) is 1.75. The Kier molecular flexibility index (Phi) is 3.82. The Balaban J connectivity index is 2.51. The van der Waals surface area contributed by atoms with Crippen molar-refractivity contribution in [3.05, 3.63) is 5.01 Å². The number of carboxylic acid groups (broad SMARTS) is 1. The molecule has 0 spiro atoms. The lowest BCUT2D eigenvalue weighted by Crippen LogP contribution is -2.20. The number of aryl methyl sites for hydroxylation is 1. The van der Waals surface area contributed by atoms with Gasteiger partial charge in [0, 0.05) is 13.6 Å². The molecule has 78 valence electrons. The van der Waals surface area contributed by atoms with Crippen LogP contribution in [-0.2, 0) is 11.2 Å². The lowest BCUT2D eigenvalue weighted by molar-refractivity contribution is -0.136. The van der Waals surface area contributed by atoms with E-state index < -0.39 is 5.97 Å². The fourth-order valence-corrected chi connectivity index (χ4v) is 1.67. The van der Waals surface area contributed by atoms with Crippen LogP contribution in [0, 0.1) is 0 Å². The minimum atomic E-state index is -0.794. The molecule has 0 aliphatic heterocycles. The maximum atomic E-state index is 10.3. The van der Waals surface area contributed by atoms with Gasteiger partial charge in [-0.15, -0.1) is 10.2 Å². The van der Waals surface area contributed by atoms with Crippen molar-refractivity contribution < 1.29 is 9.90 Å². The number of carboxylic acids is 1. The summed E-state index contributed by atoms with van der Waals surface area (Å²) in [7, 11) is 1.82. The zero-order chi connectivity index (χ0) is 10.6. The number of aliphatic carboxylic acids is 1. The molecule has 0 fully saturated rings. The second kappa shape index (κ2) is 4.90. The normalized spacial score (nSPS) is 10.1. The van der Waals surface area contributed by atoms with Crippen LogP contribution in [-0.4, -0.2) is 34.9 Å². The van der Waals surface area contributed by atoms with Gasteiger partial charge in [-0.25, -0.2) is 0 Å². The van der Waals surface area contributed by atoms with Gasteiger partial charge in [-0.05, 0) is 6.42 Å². The van der Waals surface area contributed by atoms with Crippen LogP contribution >= 0.6 is 11.3 Å². The molecule has 0 radical (unpaired) electrons. The molecule has 5 nitrogen and oxygen atoms in total. The summed E-state index contributed by atoms with van der Waals surface area (Å²) in [6.07, 6.45) is 0.988. The van der Waals surface area contributed by atoms with E-state index in [1.165, 1.54) is 11.3 Å². The monoisotopic (exact) mass is 215 g/mol. The van der Waals surface area contributed by atoms with Crippen LogP contribution in [0.3, 0.4) is 0 Å². The van der Waals surface area contributed by atoms with Crippen molar-refractivity contribution in [2.24, 2.45) is 0 Å². The first-order valence-corrected chi connectivity index (χ1v) is 5.20. The second-order valence-corrected chi connectivity index (χ2v) is 3.94. The summed E-state index contributed by atoms with van der Waals surface area (Å²) in [6.45, 7) is 2.48. The zero-order valence-electron chi connectivity index (χ0n) is 8.23. The second-order valence-electron chi connectivity index (χ2n) is 2.90. The number of anilines is 1. The Labute approximate surface area is 86.4 Å². The van der Waals surface area contributed by atoms with Crippen LogP contribution in [0.4, 0.5) is 5.13 Å². The standard InChI is InChI=1S/C8H13N3O2S/c1-3-6-9-10-8(14-6)11(2)5-4-7(12)13/h3-5H2,1-2H3,(H,12,13). The quantitative estimate of drug-likeness (QED) is 0.794. The maximum absolute atomic E-state index is 10.3. The highest BCUT2D eigenvalue weighted by Crippen LogP contribution is 2.19. The number of hydrogen-bond acceptors (Lipinski definition) is 5. The van der Waals surface area contributed by atoms with Crippen molar-refractivity contribution >= 4 is 22.4 Å². The number of aromatic nitrogens is 2. The fourth-order valence-electron chi connectivity index (χ4n) is 0.901. The molecule has 1 rings (SSSR count). The average molecular weight is 215 g/mol. The molecule has 1 heterocycles. The van der Waals surface area contributed by atoms with Crippen molar-refractivity contribution in [3.63, 3.8) is 0 Å². The summed E-state index contributed by atoms with van der Waals surface area (Å²) in [4.78, 5) is 12.1. The van der Waals surface area contributed by atoms with Crippen molar-refractivity contribution in [2.45, 2.75) is 19.8 Å². The molecule has 0 saturated carbocycles. The van der Waals surface area contributed by atoms with Gasteiger partial charge in [0.15, 0.2) is 0 Å². The minimum absolute atomic E-state index is 0.123. The predicted octanol–water partition coefficient (Wildman–Crippen LogP) is 1.01. The SMILES string of the molecule is CCc1nnc(N(C)CCC(=O)O)s1. The van der Waals surface area contributed by atoms with E-state index in [-0.39, 0.29) is 6.42 Å². The van der Waals surface area contributed by atoms with Crippen LogP contribution in [0.5, 0.6) is 0 Å². The Hall–Kier alpha value is -1.17. The topological polar surface area (TPSA) is 66.3 Å². The van der Waals surface area contributed by atoms with Crippen molar-refractivity contribution in [2.75, 3.05) is 18.5 Å². The van der Waals surface area contributed by atoms with Crippen molar-refractivity contribution in [3.8, 4) is 0 Å². The first-order chi connectivity index (χ1) is 6.63. The lowest BCUT2D eigenvalue weighted by Gasteiger charge is -2.12. The molecular formula is C8H13N3O2S. The molecule has 0 atom stereocenters. The van der Waals surface area contributed by atoms with Gasteiger partial charge in [0.25, 0.3) is 0 Å². The van der Waals surface area contributed by atoms with E-state index >= 15 is 0 Å². The van der Waals surface area contributed by atoms with Gasteiger partial charge in [-0.3, -0.25) is 4.79 Å². The smallest absolute Gasteiger partial charge is 0.305 e. The lowest BCUT2D eigenvalue weighted by atomic mass is 10.4. The fraction of sp³-hybridized carbons (Fsp3) is 0.625. The molecule has 0 saturated heterocycles. The highest BCUT2D eigenvalue weighted by molar-refractivity contribution is 7.15. The molecule has 6 heteroatoms. The summed E-state index contributed by atoms with van der Waals surface area (Å²) >= 11 is 1.50. The van der Waals surface area contributed by atoms with Gasteiger partial charge in [0.05, 0.1) is 6.42 Å².